The summed E-state index contributed by atoms with van der Waals surface area (Å²) in [5, 5.41) is 15.5. The topological polar surface area (TPSA) is 64.9 Å². The van der Waals surface area contributed by atoms with Crippen molar-refractivity contribution < 1.29 is 4.79 Å². The van der Waals surface area contributed by atoms with Crippen LogP contribution < -0.4 is 10.6 Å². The lowest BCUT2D eigenvalue weighted by Gasteiger charge is -2.19. The third kappa shape index (κ3) is 10.9. The van der Waals surface area contributed by atoms with Gasteiger partial charge in [-0.15, -0.1) is 0 Å². The van der Waals surface area contributed by atoms with Crippen molar-refractivity contribution in [2.75, 3.05) is 6.54 Å². The van der Waals surface area contributed by atoms with E-state index >= 15 is 0 Å². The zero-order valence-electron chi connectivity index (χ0n) is 16.3. The first kappa shape index (κ1) is 21.5. The van der Waals surface area contributed by atoms with Crippen LogP contribution in [0.25, 0.3) is 0 Å². The molecule has 1 fully saturated rings. The molecule has 0 aromatic heterocycles. The number of nitriles is 1. The number of rotatable bonds is 6. The van der Waals surface area contributed by atoms with Crippen LogP contribution >= 0.6 is 0 Å². The summed E-state index contributed by atoms with van der Waals surface area (Å²) in [5.74, 6) is 0.383. The molecule has 142 valence electrons. The van der Waals surface area contributed by atoms with E-state index < -0.39 is 0 Å². The molecule has 4 heteroatoms. The Labute approximate surface area is 154 Å². The number of carbonyl (C=O) groups is 1. The molecule has 4 nitrogen and oxygen atoms in total. The maximum atomic E-state index is 12.4. The maximum absolute atomic E-state index is 12.4. The monoisotopic (exact) mass is 347 g/mol. The Bertz CT molecular complexity index is 425. The number of carbonyl (C=O) groups excluding carboxylic acids is 1. The third-order valence-corrected chi connectivity index (χ3v) is 4.92. The average Bonchev–Trinajstić information content (AvgIpc) is 2.57. The quantitative estimate of drug-likeness (QED) is 0.411. The van der Waals surface area contributed by atoms with Gasteiger partial charge in [0.2, 0.25) is 0 Å². The highest BCUT2D eigenvalue weighted by Gasteiger charge is 2.15. The lowest BCUT2D eigenvalue weighted by atomic mass is 9.98. The van der Waals surface area contributed by atoms with Crippen LogP contribution in [-0.4, -0.2) is 18.5 Å². The number of nitrogens with zero attached hydrogens (tertiary/aromatic N) is 1. The van der Waals surface area contributed by atoms with Crippen molar-refractivity contribution in [3.05, 3.63) is 11.8 Å². The van der Waals surface area contributed by atoms with E-state index in [1.165, 1.54) is 57.8 Å². The Hall–Kier alpha value is -1.50. The van der Waals surface area contributed by atoms with Gasteiger partial charge in [0, 0.05) is 18.8 Å². The second-order valence-corrected chi connectivity index (χ2v) is 7.74. The summed E-state index contributed by atoms with van der Waals surface area (Å²) >= 11 is 0. The van der Waals surface area contributed by atoms with E-state index in [0.29, 0.717) is 5.92 Å². The van der Waals surface area contributed by atoms with Crippen molar-refractivity contribution in [1.82, 2.24) is 10.6 Å². The molecular formula is C21H37N3O. The SMILES string of the molecule is CC(C)CCN/C=C(/C#N)C(=O)NC1CCCCCCCCCCC1. The summed E-state index contributed by atoms with van der Waals surface area (Å²) in [6.45, 7) is 5.11. The molecule has 1 saturated carbocycles. The minimum atomic E-state index is -0.225. The van der Waals surface area contributed by atoms with Gasteiger partial charge in [-0.25, -0.2) is 0 Å². The minimum absolute atomic E-state index is 0.190. The summed E-state index contributed by atoms with van der Waals surface area (Å²) < 4.78 is 0. The van der Waals surface area contributed by atoms with Crippen LogP contribution in [0.5, 0.6) is 0 Å². The van der Waals surface area contributed by atoms with Gasteiger partial charge in [-0.2, -0.15) is 5.26 Å². The van der Waals surface area contributed by atoms with Crippen molar-refractivity contribution in [3.8, 4) is 6.07 Å². The van der Waals surface area contributed by atoms with Crippen molar-refractivity contribution in [2.45, 2.75) is 96.9 Å². The fourth-order valence-electron chi connectivity index (χ4n) is 3.27. The van der Waals surface area contributed by atoms with Crippen LogP contribution in [0.4, 0.5) is 0 Å². The summed E-state index contributed by atoms with van der Waals surface area (Å²) in [6, 6.07) is 2.24. The molecule has 0 radical (unpaired) electrons. The van der Waals surface area contributed by atoms with Gasteiger partial charge in [0.1, 0.15) is 11.6 Å². The van der Waals surface area contributed by atoms with Gasteiger partial charge in [-0.1, -0.05) is 71.6 Å². The van der Waals surface area contributed by atoms with E-state index in [4.69, 9.17) is 0 Å². The lowest BCUT2D eigenvalue weighted by molar-refractivity contribution is -0.117. The summed E-state index contributed by atoms with van der Waals surface area (Å²) in [7, 11) is 0. The highest BCUT2D eigenvalue weighted by molar-refractivity contribution is 5.97. The van der Waals surface area contributed by atoms with Crippen LogP contribution in [0.15, 0.2) is 11.8 Å². The molecular weight excluding hydrogens is 310 g/mol. The third-order valence-electron chi connectivity index (χ3n) is 4.92. The highest BCUT2D eigenvalue weighted by Crippen LogP contribution is 2.17. The molecule has 0 aliphatic heterocycles. The van der Waals surface area contributed by atoms with E-state index in [2.05, 4.69) is 24.5 Å². The second-order valence-electron chi connectivity index (χ2n) is 7.74. The normalized spacial score (nSPS) is 18.7. The van der Waals surface area contributed by atoms with Crippen LogP contribution in [0.1, 0.15) is 90.9 Å². The van der Waals surface area contributed by atoms with E-state index in [1.807, 2.05) is 6.07 Å². The largest absolute Gasteiger partial charge is 0.390 e. The molecule has 2 N–H and O–H groups in total. The molecule has 1 aliphatic rings. The molecule has 0 aromatic carbocycles. The van der Waals surface area contributed by atoms with Gasteiger partial charge in [-0.3, -0.25) is 4.79 Å². The molecule has 0 spiro atoms. The summed E-state index contributed by atoms with van der Waals surface area (Å²) in [4.78, 5) is 12.4. The molecule has 1 aliphatic carbocycles. The van der Waals surface area contributed by atoms with Crippen molar-refractivity contribution in [1.29, 1.82) is 5.26 Å². The minimum Gasteiger partial charge on any atom is -0.390 e. The summed E-state index contributed by atoms with van der Waals surface area (Å²) in [6.07, 6.45) is 16.2. The van der Waals surface area contributed by atoms with Crippen molar-refractivity contribution in [2.24, 2.45) is 5.92 Å². The van der Waals surface area contributed by atoms with Crippen LogP contribution in [0, 0.1) is 17.2 Å². The predicted octanol–water partition coefficient (Wildman–Crippen LogP) is 4.82. The van der Waals surface area contributed by atoms with Crippen LogP contribution in [0.2, 0.25) is 0 Å². The van der Waals surface area contributed by atoms with Gasteiger partial charge < -0.3 is 10.6 Å². The fourth-order valence-corrected chi connectivity index (χ4v) is 3.27. The molecule has 0 bridgehead atoms. The molecule has 1 amide bonds. The molecule has 0 atom stereocenters. The van der Waals surface area contributed by atoms with E-state index in [0.717, 1.165) is 25.8 Å². The first-order valence-electron chi connectivity index (χ1n) is 10.3. The first-order chi connectivity index (χ1) is 12.1. The second kappa shape index (κ2) is 13.8. The standard InChI is InChI=1S/C21H37N3O/c1-18(2)14-15-23-17-19(16-22)21(25)24-20-12-10-8-6-4-3-5-7-9-11-13-20/h17-18,20,23H,3-15H2,1-2H3,(H,24,25)/b19-17-. The zero-order valence-corrected chi connectivity index (χ0v) is 16.3. The Kier molecular flexibility index (Phi) is 11.9. The van der Waals surface area contributed by atoms with Gasteiger partial charge >= 0.3 is 0 Å². The zero-order chi connectivity index (χ0) is 18.3. The molecule has 0 saturated heterocycles. The van der Waals surface area contributed by atoms with Gasteiger partial charge in [0.15, 0.2) is 0 Å². The summed E-state index contributed by atoms with van der Waals surface area (Å²) in [5.41, 5.74) is 0.190. The molecule has 0 heterocycles. The Balaban J connectivity index is 2.47. The predicted molar refractivity (Wildman–Crippen MR) is 104 cm³/mol. The van der Waals surface area contributed by atoms with E-state index in [1.54, 1.807) is 6.20 Å². The Morgan fingerprint density at radius 1 is 1.04 bits per heavy atom. The first-order valence-corrected chi connectivity index (χ1v) is 10.3. The number of amides is 1. The van der Waals surface area contributed by atoms with Crippen molar-refractivity contribution >= 4 is 5.91 Å². The van der Waals surface area contributed by atoms with Crippen LogP contribution in [-0.2, 0) is 4.79 Å². The fraction of sp³-hybridized carbons (Fsp3) is 0.810. The molecule has 25 heavy (non-hydrogen) atoms. The Morgan fingerprint density at radius 2 is 1.56 bits per heavy atom. The average molecular weight is 348 g/mol. The van der Waals surface area contributed by atoms with Gasteiger partial charge in [0.25, 0.3) is 5.91 Å². The Morgan fingerprint density at radius 3 is 2.04 bits per heavy atom. The van der Waals surface area contributed by atoms with E-state index in [9.17, 15) is 10.1 Å². The highest BCUT2D eigenvalue weighted by atomic mass is 16.1. The maximum Gasteiger partial charge on any atom is 0.263 e. The van der Waals surface area contributed by atoms with Gasteiger partial charge in [0.05, 0.1) is 0 Å². The molecule has 0 unspecified atom stereocenters. The number of hydrogen-bond acceptors (Lipinski definition) is 3. The van der Waals surface area contributed by atoms with Crippen LogP contribution in [0.3, 0.4) is 0 Å². The number of hydrogen-bond donors (Lipinski definition) is 2. The molecule has 0 aromatic rings. The smallest absolute Gasteiger partial charge is 0.263 e. The molecule has 1 rings (SSSR count). The van der Waals surface area contributed by atoms with Gasteiger partial charge in [-0.05, 0) is 25.2 Å². The number of nitrogens with one attached hydrogen (secondary N) is 2. The van der Waals surface area contributed by atoms with Crippen molar-refractivity contribution in [3.63, 3.8) is 0 Å². The van der Waals surface area contributed by atoms with E-state index in [-0.39, 0.29) is 17.5 Å². The lowest BCUT2D eigenvalue weighted by Crippen LogP contribution is -2.36.